The minimum atomic E-state index is 0.727. The van der Waals surface area contributed by atoms with Gasteiger partial charge < -0.3 is 4.84 Å². The number of hydrogen-bond donors (Lipinski definition) is 0. The summed E-state index contributed by atoms with van der Waals surface area (Å²) in [6.45, 7) is 8.51. The Bertz CT molecular complexity index is 102. The molecular weight excluding hydrogens is 150 g/mol. The van der Waals surface area contributed by atoms with E-state index in [0.717, 1.165) is 18.9 Å². The molecule has 0 fully saturated rings. The molecule has 0 aromatic heterocycles. The Morgan fingerprint density at radius 3 is 2.42 bits per heavy atom. The molecular formula is C10H21NO. The molecule has 0 rings (SSSR count). The average molecular weight is 171 g/mol. The lowest BCUT2D eigenvalue weighted by molar-refractivity contribution is 0.142. The van der Waals surface area contributed by atoms with Crippen molar-refractivity contribution in [3.63, 3.8) is 0 Å². The van der Waals surface area contributed by atoms with Gasteiger partial charge in [0.1, 0.15) is 6.61 Å². The van der Waals surface area contributed by atoms with E-state index in [2.05, 4.69) is 25.7 Å². The molecule has 72 valence electrons. The average Bonchev–Trinajstić information content (AvgIpc) is 2.02. The fourth-order valence-corrected chi connectivity index (χ4v) is 1.14. The van der Waals surface area contributed by atoms with E-state index in [1.807, 2.05) is 0 Å². The summed E-state index contributed by atoms with van der Waals surface area (Å²) >= 11 is 0. The summed E-state index contributed by atoms with van der Waals surface area (Å²) in [7, 11) is 0. The molecule has 0 N–H and O–H groups in total. The second kappa shape index (κ2) is 8.57. The smallest absolute Gasteiger partial charge is 0.117 e. The Morgan fingerprint density at radius 1 is 1.17 bits per heavy atom. The van der Waals surface area contributed by atoms with Crippen LogP contribution in [0.25, 0.3) is 0 Å². The van der Waals surface area contributed by atoms with E-state index in [1.54, 1.807) is 0 Å². The summed E-state index contributed by atoms with van der Waals surface area (Å²) in [6, 6.07) is 0. The SMILES string of the molecule is C=NOCCCCCCC(C)C. The van der Waals surface area contributed by atoms with Gasteiger partial charge in [0.05, 0.1) is 0 Å². The van der Waals surface area contributed by atoms with E-state index in [0.29, 0.717) is 0 Å². The molecule has 0 aromatic rings. The normalized spacial score (nSPS) is 10.2. The summed E-state index contributed by atoms with van der Waals surface area (Å²) in [5, 5.41) is 3.33. The molecule has 0 spiro atoms. The molecule has 0 aliphatic heterocycles. The summed E-state index contributed by atoms with van der Waals surface area (Å²) in [4.78, 5) is 4.78. The first-order chi connectivity index (χ1) is 5.77. The van der Waals surface area contributed by atoms with Crippen LogP contribution < -0.4 is 0 Å². The van der Waals surface area contributed by atoms with Crippen LogP contribution >= 0.6 is 0 Å². The van der Waals surface area contributed by atoms with E-state index >= 15 is 0 Å². The van der Waals surface area contributed by atoms with Crippen LogP contribution in [-0.2, 0) is 4.84 Å². The zero-order chi connectivity index (χ0) is 9.23. The first-order valence-corrected chi connectivity index (χ1v) is 4.85. The lowest BCUT2D eigenvalue weighted by Gasteiger charge is -2.03. The van der Waals surface area contributed by atoms with Crippen molar-refractivity contribution in [2.24, 2.45) is 11.1 Å². The number of oxime groups is 1. The monoisotopic (exact) mass is 171 g/mol. The van der Waals surface area contributed by atoms with E-state index in [4.69, 9.17) is 4.84 Å². The number of hydrogen-bond acceptors (Lipinski definition) is 2. The topological polar surface area (TPSA) is 21.6 Å². The summed E-state index contributed by atoms with van der Waals surface area (Å²) in [5.41, 5.74) is 0. The second-order valence-corrected chi connectivity index (χ2v) is 3.56. The molecule has 2 nitrogen and oxygen atoms in total. The van der Waals surface area contributed by atoms with Crippen molar-refractivity contribution >= 4 is 6.72 Å². The molecule has 12 heavy (non-hydrogen) atoms. The Hall–Kier alpha value is -0.530. The van der Waals surface area contributed by atoms with Gasteiger partial charge in [-0.3, -0.25) is 0 Å². The first kappa shape index (κ1) is 11.5. The van der Waals surface area contributed by atoms with Gasteiger partial charge in [0.2, 0.25) is 0 Å². The van der Waals surface area contributed by atoms with Crippen molar-refractivity contribution in [1.29, 1.82) is 0 Å². The highest BCUT2D eigenvalue weighted by atomic mass is 16.6. The second-order valence-electron chi connectivity index (χ2n) is 3.56. The molecule has 0 bridgehead atoms. The highest BCUT2D eigenvalue weighted by Gasteiger charge is 1.94. The van der Waals surface area contributed by atoms with Gasteiger partial charge >= 0.3 is 0 Å². The largest absolute Gasteiger partial charge is 0.396 e. The molecule has 0 aliphatic carbocycles. The van der Waals surface area contributed by atoms with Gasteiger partial charge in [-0.1, -0.05) is 33.1 Å². The van der Waals surface area contributed by atoms with Crippen LogP contribution in [0.1, 0.15) is 46.0 Å². The molecule has 2 heteroatoms. The minimum absolute atomic E-state index is 0.727. The third-order valence-electron chi connectivity index (χ3n) is 1.86. The number of rotatable bonds is 8. The fourth-order valence-electron chi connectivity index (χ4n) is 1.14. The molecule has 0 saturated carbocycles. The Kier molecular flexibility index (Phi) is 8.19. The fraction of sp³-hybridized carbons (Fsp3) is 0.900. The van der Waals surface area contributed by atoms with E-state index < -0.39 is 0 Å². The van der Waals surface area contributed by atoms with Crippen molar-refractivity contribution in [2.75, 3.05) is 6.61 Å². The Labute approximate surface area is 76.0 Å². The zero-order valence-electron chi connectivity index (χ0n) is 8.38. The maximum Gasteiger partial charge on any atom is 0.117 e. The number of nitrogens with zero attached hydrogens (tertiary/aromatic N) is 1. The van der Waals surface area contributed by atoms with Crippen molar-refractivity contribution in [3.8, 4) is 0 Å². The van der Waals surface area contributed by atoms with Crippen LogP contribution in [0.3, 0.4) is 0 Å². The van der Waals surface area contributed by atoms with Crippen molar-refractivity contribution in [3.05, 3.63) is 0 Å². The lowest BCUT2D eigenvalue weighted by atomic mass is 10.0. The van der Waals surface area contributed by atoms with Crippen LogP contribution in [0.2, 0.25) is 0 Å². The van der Waals surface area contributed by atoms with Crippen molar-refractivity contribution < 1.29 is 4.84 Å². The van der Waals surface area contributed by atoms with Crippen LogP contribution in [0.5, 0.6) is 0 Å². The van der Waals surface area contributed by atoms with Gasteiger partial charge in [-0.2, -0.15) is 0 Å². The molecule has 0 heterocycles. The molecule has 0 radical (unpaired) electrons. The highest BCUT2D eigenvalue weighted by Crippen LogP contribution is 2.09. The van der Waals surface area contributed by atoms with Crippen molar-refractivity contribution in [1.82, 2.24) is 0 Å². The molecule has 0 aromatic carbocycles. The molecule has 0 atom stereocenters. The predicted molar refractivity (Wildman–Crippen MR) is 53.4 cm³/mol. The van der Waals surface area contributed by atoms with Crippen LogP contribution in [0.4, 0.5) is 0 Å². The number of unbranched alkanes of at least 4 members (excludes halogenated alkanes) is 3. The van der Waals surface area contributed by atoms with Gasteiger partial charge in [0, 0.05) is 6.72 Å². The van der Waals surface area contributed by atoms with Crippen molar-refractivity contribution in [2.45, 2.75) is 46.0 Å². The van der Waals surface area contributed by atoms with Crippen LogP contribution in [0, 0.1) is 5.92 Å². The summed E-state index contributed by atoms with van der Waals surface area (Å²) in [6.07, 6.45) is 6.37. The lowest BCUT2D eigenvalue weighted by Crippen LogP contribution is -1.90. The quantitative estimate of drug-likeness (QED) is 0.312. The van der Waals surface area contributed by atoms with E-state index in [9.17, 15) is 0 Å². The van der Waals surface area contributed by atoms with Gasteiger partial charge in [-0.25, -0.2) is 0 Å². The standard InChI is InChI=1S/C10H21NO/c1-10(2)8-6-4-5-7-9-12-11-3/h10H,3-9H2,1-2H3. The van der Waals surface area contributed by atoms with Crippen LogP contribution in [-0.4, -0.2) is 13.3 Å². The van der Waals surface area contributed by atoms with Crippen LogP contribution in [0.15, 0.2) is 5.16 Å². The summed E-state index contributed by atoms with van der Waals surface area (Å²) < 4.78 is 0. The zero-order valence-corrected chi connectivity index (χ0v) is 8.38. The Morgan fingerprint density at radius 2 is 1.83 bits per heavy atom. The molecule has 0 unspecified atom stereocenters. The maximum absolute atomic E-state index is 4.78. The third-order valence-corrected chi connectivity index (χ3v) is 1.86. The molecule has 0 aliphatic rings. The van der Waals surface area contributed by atoms with Gasteiger partial charge in [-0.05, 0) is 18.8 Å². The van der Waals surface area contributed by atoms with Gasteiger partial charge in [-0.15, -0.1) is 5.16 Å². The first-order valence-electron chi connectivity index (χ1n) is 4.85. The van der Waals surface area contributed by atoms with E-state index in [1.165, 1.54) is 25.7 Å². The Balaban J connectivity index is 2.86. The highest BCUT2D eigenvalue weighted by molar-refractivity contribution is 5.21. The summed E-state index contributed by atoms with van der Waals surface area (Å²) in [5.74, 6) is 0.844. The minimum Gasteiger partial charge on any atom is -0.396 e. The molecule has 0 saturated heterocycles. The predicted octanol–water partition coefficient (Wildman–Crippen LogP) is 3.23. The van der Waals surface area contributed by atoms with Gasteiger partial charge in [0.25, 0.3) is 0 Å². The van der Waals surface area contributed by atoms with E-state index in [-0.39, 0.29) is 0 Å². The molecule has 0 amide bonds. The third kappa shape index (κ3) is 9.47. The van der Waals surface area contributed by atoms with Gasteiger partial charge in [0.15, 0.2) is 0 Å². The maximum atomic E-state index is 4.78.